The number of esters is 1. The van der Waals surface area contributed by atoms with Crippen molar-refractivity contribution in [2.45, 2.75) is 26.4 Å². The molecule has 4 rings (SSSR count). The van der Waals surface area contributed by atoms with E-state index in [1.165, 1.54) is 13.3 Å². The molecular formula is C22H23ClN2O6. The molecule has 3 aliphatic rings. The van der Waals surface area contributed by atoms with Gasteiger partial charge in [0.1, 0.15) is 0 Å². The summed E-state index contributed by atoms with van der Waals surface area (Å²) in [7, 11) is 1.44. The van der Waals surface area contributed by atoms with Crippen molar-refractivity contribution >= 4 is 35.6 Å². The van der Waals surface area contributed by atoms with Gasteiger partial charge in [-0.3, -0.25) is 9.59 Å². The summed E-state index contributed by atoms with van der Waals surface area (Å²) in [5.41, 5.74) is 0.511. The van der Waals surface area contributed by atoms with Crippen molar-refractivity contribution in [1.29, 1.82) is 0 Å². The van der Waals surface area contributed by atoms with Crippen molar-refractivity contribution in [2.24, 2.45) is 28.8 Å². The topological polar surface area (TPSA) is 94.5 Å². The predicted molar refractivity (Wildman–Crippen MR) is 112 cm³/mol. The third kappa shape index (κ3) is 3.69. The van der Waals surface area contributed by atoms with E-state index in [9.17, 15) is 14.4 Å². The largest absolute Gasteiger partial charge is 0.493 e. The summed E-state index contributed by atoms with van der Waals surface area (Å²) < 4.78 is 15.9. The van der Waals surface area contributed by atoms with Crippen LogP contribution < -0.4 is 9.47 Å². The number of nitrogens with zero attached hydrogens (tertiary/aromatic N) is 2. The minimum absolute atomic E-state index is 0.124. The van der Waals surface area contributed by atoms with E-state index in [0.717, 1.165) is 11.4 Å². The fraction of sp³-hybridized carbons (Fsp3) is 0.455. The van der Waals surface area contributed by atoms with Crippen molar-refractivity contribution in [3.63, 3.8) is 0 Å². The van der Waals surface area contributed by atoms with Gasteiger partial charge in [0.05, 0.1) is 36.8 Å². The molecule has 0 aromatic heterocycles. The minimum atomic E-state index is -0.880. The molecule has 1 saturated heterocycles. The Morgan fingerprint density at radius 1 is 1.26 bits per heavy atom. The Balaban J connectivity index is 1.52. The number of hydrogen-bond acceptors (Lipinski definition) is 7. The van der Waals surface area contributed by atoms with Crippen LogP contribution in [-0.4, -0.2) is 48.8 Å². The molecule has 2 bridgehead atoms. The molecule has 2 amide bonds. The van der Waals surface area contributed by atoms with Crippen molar-refractivity contribution < 1.29 is 28.6 Å². The second-order valence-electron chi connectivity index (χ2n) is 7.78. The molecular weight excluding hydrogens is 424 g/mol. The zero-order chi connectivity index (χ0) is 22.3. The molecule has 1 saturated carbocycles. The molecule has 9 heteroatoms. The smallest absolute Gasteiger partial charge is 0.347 e. The van der Waals surface area contributed by atoms with E-state index in [1.54, 1.807) is 26.0 Å². The number of halogens is 1. The number of hydrogen-bond donors (Lipinski definition) is 0. The summed E-state index contributed by atoms with van der Waals surface area (Å²) in [6.07, 6.45) is 5.44. The van der Waals surface area contributed by atoms with E-state index in [4.69, 9.17) is 25.8 Å². The molecule has 1 aromatic carbocycles. The molecule has 164 valence electrons. The number of allylic oxidation sites excluding steroid dienone is 2. The van der Waals surface area contributed by atoms with Gasteiger partial charge in [0, 0.05) is 0 Å². The number of fused-ring (bicyclic) bond motifs is 5. The van der Waals surface area contributed by atoms with Crippen molar-refractivity contribution in [3.8, 4) is 11.5 Å². The fourth-order valence-corrected chi connectivity index (χ4v) is 4.80. The first-order chi connectivity index (χ1) is 14.8. The average molecular weight is 447 g/mol. The molecule has 1 aromatic rings. The van der Waals surface area contributed by atoms with E-state index in [-0.39, 0.29) is 58.6 Å². The lowest BCUT2D eigenvalue weighted by Crippen LogP contribution is -2.28. The summed E-state index contributed by atoms with van der Waals surface area (Å²) in [5.74, 6) is -0.940. The first kappa shape index (κ1) is 21.4. The van der Waals surface area contributed by atoms with Crippen molar-refractivity contribution in [2.75, 3.05) is 13.7 Å². The highest BCUT2D eigenvalue weighted by Crippen LogP contribution is 2.52. The van der Waals surface area contributed by atoms with Gasteiger partial charge in [0.2, 0.25) is 0 Å². The highest BCUT2D eigenvalue weighted by molar-refractivity contribution is 6.32. The Morgan fingerprint density at radius 3 is 2.48 bits per heavy atom. The highest BCUT2D eigenvalue weighted by Gasteiger charge is 2.59. The average Bonchev–Trinajstić information content (AvgIpc) is 3.42. The number of hydrazone groups is 1. The fourth-order valence-electron chi connectivity index (χ4n) is 4.54. The van der Waals surface area contributed by atoms with Crippen LogP contribution >= 0.6 is 11.6 Å². The minimum Gasteiger partial charge on any atom is -0.493 e. The Bertz CT molecular complexity index is 960. The molecule has 8 nitrogen and oxygen atoms in total. The van der Waals surface area contributed by atoms with Crippen LogP contribution in [0.4, 0.5) is 0 Å². The zero-order valence-electron chi connectivity index (χ0n) is 17.4. The lowest BCUT2D eigenvalue weighted by Gasteiger charge is -2.17. The standard InChI is InChI=1S/C22H23ClN2O6/c1-4-30-22(28)11(2)31-19-15(23)7-12(8-16(19)29-3)10-24-25-20(26)17-13-5-6-14(9-13)18(17)21(25)27/h5-8,10-11,13-14,17-18H,4,9H2,1-3H3. The summed E-state index contributed by atoms with van der Waals surface area (Å²) in [6.45, 7) is 3.49. The second kappa shape index (κ2) is 8.34. The van der Waals surface area contributed by atoms with Gasteiger partial charge in [-0.15, -0.1) is 0 Å². The van der Waals surface area contributed by atoms with Crippen LogP contribution in [0.2, 0.25) is 5.02 Å². The first-order valence-electron chi connectivity index (χ1n) is 10.2. The highest BCUT2D eigenvalue weighted by atomic mass is 35.5. The summed E-state index contributed by atoms with van der Waals surface area (Å²) in [6, 6.07) is 3.15. The van der Waals surface area contributed by atoms with Crippen LogP contribution in [0, 0.1) is 23.7 Å². The third-order valence-corrected chi connectivity index (χ3v) is 6.22. The van der Waals surface area contributed by atoms with Crippen LogP contribution in [0.5, 0.6) is 11.5 Å². The molecule has 5 unspecified atom stereocenters. The van der Waals surface area contributed by atoms with E-state index in [1.807, 2.05) is 12.2 Å². The van der Waals surface area contributed by atoms with Gasteiger partial charge in [-0.05, 0) is 49.8 Å². The number of rotatable bonds is 7. The zero-order valence-corrected chi connectivity index (χ0v) is 18.2. The first-order valence-corrected chi connectivity index (χ1v) is 10.5. The maximum atomic E-state index is 12.7. The van der Waals surface area contributed by atoms with Gasteiger partial charge in [0.25, 0.3) is 11.8 Å². The Hall–Kier alpha value is -2.87. The van der Waals surface area contributed by atoms with Gasteiger partial charge >= 0.3 is 5.97 Å². The van der Waals surface area contributed by atoms with Crippen molar-refractivity contribution in [1.82, 2.24) is 5.01 Å². The normalized spacial score (nSPS) is 27.2. The second-order valence-corrected chi connectivity index (χ2v) is 8.19. The Morgan fingerprint density at radius 2 is 1.90 bits per heavy atom. The van der Waals surface area contributed by atoms with Gasteiger partial charge < -0.3 is 14.2 Å². The third-order valence-electron chi connectivity index (χ3n) is 5.93. The number of methoxy groups -OCH3 is 1. The van der Waals surface area contributed by atoms with Crippen LogP contribution in [-0.2, 0) is 19.1 Å². The van der Waals surface area contributed by atoms with Gasteiger partial charge in [-0.2, -0.15) is 10.1 Å². The van der Waals surface area contributed by atoms with E-state index < -0.39 is 12.1 Å². The summed E-state index contributed by atoms with van der Waals surface area (Å²) >= 11 is 6.34. The molecule has 0 radical (unpaired) electrons. The van der Waals surface area contributed by atoms with Gasteiger partial charge in [-0.1, -0.05) is 23.8 Å². The van der Waals surface area contributed by atoms with E-state index in [0.29, 0.717) is 5.56 Å². The van der Waals surface area contributed by atoms with E-state index >= 15 is 0 Å². The molecule has 5 atom stereocenters. The molecule has 0 spiro atoms. The molecule has 1 heterocycles. The number of amides is 2. The lowest BCUT2D eigenvalue weighted by molar-refractivity contribution is -0.150. The maximum absolute atomic E-state index is 12.7. The summed E-state index contributed by atoms with van der Waals surface area (Å²) in [5, 5.41) is 5.30. The molecule has 2 fully saturated rings. The van der Waals surface area contributed by atoms with Crippen LogP contribution in [0.1, 0.15) is 25.8 Å². The number of ether oxygens (including phenoxy) is 3. The number of benzene rings is 1. The van der Waals surface area contributed by atoms with Gasteiger partial charge in [0.15, 0.2) is 17.6 Å². The molecule has 1 aliphatic heterocycles. The van der Waals surface area contributed by atoms with Gasteiger partial charge in [-0.25, -0.2) is 4.79 Å². The molecule has 2 aliphatic carbocycles. The molecule has 0 N–H and O–H groups in total. The number of carbonyl (C=O) groups is 3. The quantitative estimate of drug-likeness (QED) is 0.276. The summed E-state index contributed by atoms with van der Waals surface area (Å²) in [4.78, 5) is 37.3. The van der Waals surface area contributed by atoms with Crippen LogP contribution in [0.15, 0.2) is 29.4 Å². The Labute approximate surface area is 184 Å². The monoisotopic (exact) mass is 446 g/mol. The van der Waals surface area contributed by atoms with E-state index in [2.05, 4.69) is 5.10 Å². The van der Waals surface area contributed by atoms with Crippen LogP contribution in [0.25, 0.3) is 0 Å². The SMILES string of the molecule is CCOC(=O)C(C)Oc1c(Cl)cc(C=NN2C(=O)C3C4C=CC(C4)C3C2=O)cc1OC. The maximum Gasteiger partial charge on any atom is 0.347 e. The van der Waals surface area contributed by atoms with Crippen LogP contribution in [0.3, 0.4) is 0 Å². The number of imide groups is 1. The molecule has 31 heavy (non-hydrogen) atoms. The number of carbonyl (C=O) groups excluding carboxylic acids is 3. The lowest BCUT2D eigenvalue weighted by atomic mass is 9.85. The predicted octanol–water partition coefficient (Wildman–Crippen LogP) is 2.82. The van der Waals surface area contributed by atoms with Crippen molar-refractivity contribution in [3.05, 3.63) is 34.9 Å². The Kier molecular flexibility index (Phi) is 5.75.